The topological polar surface area (TPSA) is 76.7 Å². The Bertz CT molecular complexity index is 220. The van der Waals surface area contributed by atoms with Crippen LogP contribution in [0.5, 0.6) is 0 Å². The molecule has 6 nitrogen and oxygen atoms in total. The second kappa shape index (κ2) is 5.67. The summed E-state index contributed by atoms with van der Waals surface area (Å²) < 4.78 is 10.5. The normalized spacial score (nSPS) is 24.9. The van der Waals surface area contributed by atoms with Gasteiger partial charge in [-0.15, -0.1) is 0 Å². The van der Waals surface area contributed by atoms with Gasteiger partial charge in [-0.25, -0.2) is 0 Å². The minimum absolute atomic E-state index is 0.108. The van der Waals surface area contributed by atoms with Crippen molar-refractivity contribution < 1.29 is 19.1 Å². The summed E-state index contributed by atoms with van der Waals surface area (Å²) in [6.07, 6.45) is -0.388. The molecule has 2 atom stereocenters. The van der Waals surface area contributed by atoms with Gasteiger partial charge in [-0.1, -0.05) is 0 Å². The smallest absolute Gasteiger partial charge is 0.216 e. The highest BCUT2D eigenvalue weighted by molar-refractivity contribution is 5.73. The average Bonchev–Trinajstić information content (AvgIpc) is 2.58. The van der Waals surface area contributed by atoms with Gasteiger partial charge < -0.3 is 20.1 Å². The second-order valence-electron chi connectivity index (χ2n) is 3.40. The van der Waals surface area contributed by atoms with Crippen LogP contribution >= 0.6 is 0 Å². The van der Waals surface area contributed by atoms with Crippen LogP contribution in [0.25, 0.3) is 0 Å². The van der Waals surface area contributed by atoms with E-state index in [1.807, 2.05) is 0 Å². The van der Waals surface area contributed by atoms with Gasteiger partial charge in [0.1, 0.15) is 19.0 Å². The van der Waals surface area contributed by atoms with Gasteiger partial charge in [-0.05, 0) is 0 Å². The van der Waals surface area contributed by atoms with Gasteiger partial charge in [-0.2, -0.15) is 0 Å². The molecule has 0 aliphatic carbocycles. The Morgan fingerprint density at radius 3 is 1.80 bits per heavy atom. The molecule has 0 bridgehead atoms. The van der Waals surface area contributed by atoms with Crippen molar-refractivity contribution in [2.75, 3.05) is 19.9 Å². The lowest BCUT2D eigenvalue weighted by Crippen LogP contribution is -2.42. The molecule has 0 radical (unpaired) electrons. The summed E-state index contributed by atoms with van der Waals surface area (Å²) in [5, 5.41) is 5.30. The molecule has 0 aromatic heterocycles. The second-order valence-corrected chi connectivity index (χ2v) is 3.40. The van der Waals surface area contributed by atoms with Crippen molar-refractivity contribution in [3.8, 4) is 0 Å². The molecule has 0 saturated carbocycles. The lowest BCUT2D eigenvalue weighted by molar-refractivity contribution is -0.120. The Kier molecular flexibility index (Phi) is 4.51. The molecule has 1 rings (SSSR count). The summed E-state index contributed by atoms with van der Waals surface area (Å²) in [5.74, 6) is -0.215. The van der Waals surface area contributed by atoms with Crippen molar-refractivity contribution in [2.24, 2.45) is 0 Å². The van der Waals surface area contributed by atoms with Gasteiger partial charge >= 0.3 is 0 Å². The van der Waals surface area contributed by atoms with Gasteiger partial charge in [0.25, 0.3) is 0 Å². The fourth-order valence-corrected chi connectivity index (χ4v) is 1.30. The van der Waals surface area contributed by atoms with E-state index in [4.69, 9.17) is 9.47 Å². The SMILES string of the molecule is CC(=O)NCC1OCOC1CNC(C)=O. The van der Waals surface area contributed by atoms with Gasteiger partial charge in [0, 0.05) is 26.9 Å². The largest absolute Gasteiger partial charge is 0.354 e. The predicted octanol–water partition coefficient (Wildman–Crippen LogP) is -1.000. The van der Waals surface area contributed by atoms with E-state index < -0.39 is 0 Å². The highest BCUT2D eigenvalue weighted by atomic mass is 16.7. The predicted molar refractivity (Wildman–Crippen MR) is 52.0 cm³/mol. The first-order valence-electron chi connectivity index (χ1n) is 4.81. The van der Waals surface area contributed by atoms with Gasteiger partial charge in [-0.3, -0.25) is 9.59 Å². The Labute approximate surface area is 88.3 Å². The summed E-state index contributed by atoms with van der Waals surface area (Å²) in [6, 6.07) is 0. The number of carbonyl (C=O) groups is 2. The molecule has 0 spiro atoms. The minimum Gasteiger partial charge on any atom is -0.354 e. The van der Waals surface area contributed by atoms with E-state index in [-0.39, 0.29) is 30.8 Å². The number of nitrogens with one attached hydrogen (secondary N) is 2. The quantitative estimate of drug-likeness (QED) is 0.632. The van der Waals surface area contributed by atoms with E-state index in [9.17, 15) is 9.59 Å². The van der Waals surface area contributed by atoms with Crippen LogP contribution in [0.1, 0.15) is 13.8 Å². The van der Waals surface area contributed by atoms with Gasteiger partial charge in [0.05, 0.1) is 0 Å². The monoisotopic (exact) mass is 216 g/mol. The van der Waals surface area contributed by atoms with Crippen LogP contribution < -0.4 is 10.6 Å². The van der Waals surface area contributed by atoms with Crippen LogP contribution in [0.2, 0.25) is 0 Å². The highest BCUT2D eigenvalue weighted by Gasteiger charge is 2.29. The molecule has 2 amide bonds. The van der Waals surface area contributed by atoms with Crippen molar-refractivity contribution in [3.63, 3.8) is 0 Å². The van der Waals surface area contributed by atoms with E-state index in [1.54, 1.807) is 0 Å². The number of hydrogen-bond donors (Lipinski definition) is 2. The first-order valence-corrected chi connectivity index (χ1v) is 4.81. The first-order chi connectivity index (χ1) is 7.09. The molecule has 1 heterocycles. The van der Waals surface area contributed by atoms with Crippen molar-refractivity contribution in [1.29, 1.82) is 0 Å². The molecule has 15 heavy (non-hydrogen) atoms. The molecule has 0 aromatic rings. The first kappa shape index (κ1) is 11.9. The summed E-state index contributed by atoms with van der Waals surface area (Å²) in [5.41, 5.74) is 0. The van der Waals surface area contributed by atoms with Gasteiger partial charge in [0.15, 0.2) is 0 Å². The van der Waals surface area contributed by atoms with Gasteiger partial charge in [0.2, 0.25) is 11.8 Å². The van der Waals surface area contributed by atoms with Crippen LogP contribution in [0.3, 0.4) is 0 Å². The summed E-state index contributed by atoms with van der Waals surface area (Å²) in [6.45, 7) is 3.89. The minimum atomic E-state index is -0.194. The molecular weight excluding hydrogens is 200 g/mol. The number of rotatable bonds is 4. The molecule has 2 unspecified atom stereocenters. The summed E-state index contributed by atoms with van der Waals surface area (Å²) in [7, 11) is 0. The zero-order valence-corrected chi connectivity index (χ0v) is 8.91. The van der Waals surface area contributed by atoms with E-state index in [1.165, 1.54) is 13.8 Å². The van der Waals surface area contributed by atoms with Crippen LogP contribution in [0.15, 0.2) is 0 Å². The molecule has 1 aliphatic heterocycles. The third-order valence-corrected chi connectivity index (χ3v) is 2.08. The zero-order valence-electron chi connectivity index (χ0n) is 8.91. The summed E-state index contributed by atoms with van der Waals surface area (Å²) >= 11 is 0. The maximum atomic E-state index is 10.7. The van der Waals surface area contributed by atoms with E-state index in [0.717, 1.165) is 0 Å². The molecule has 0 aromatic carbocycles. The van der Waals surface area contributed by atoms with Crippen LogP contribution in [0, 0.1) is 0 Å². The molecule has 1 fully saturated rings. The van der Waals surface area contributed by atoms with E-state index in [0.29, 0.717) is 13.1 Å². The maximum absolute atomic E-state index is 10.7. The molecule has 86 valence electrons. The fraction of sp³-hybridized carbons (Fsp3) is 0.778. The van der Waals surface area contributed by atoms with Crippen molar-refractivity contribution in [2.45, 2.75) is 26.1 Å². The zero-order chi connectivity index (χ0) is 11.3. The Hall–Kier alpha value is -1.14. The molecule has 2 N–H and O–H groups in total. The van der Waals surface area contributed by atoms with Crippen LogP contribution in [-0.4, -0.2) is 43.9 Å². The van der Waals surface area contributed by atoms with E-state index in [2.05, 4.69) is 10.6 Å². The number of amides is 2. The average molecular weight is 216 g/mol. The molecule has 1 aliphatic rings. The number of carbonyl (C=O) groups excluding carboxylic acids is 2. The standard InChI is InChI=1S/C9H16N2O4/c1-6(12)10-3-8-9(15-5-14-8)4-11-7(2)13/h8-9H,3-5H2,1-2H3,(H,10,12)(H,11,13). The third kappa shape index (κ3) is 4.26. The third-order valence-electron chi connectivity index (χ3n) is 2.08. The Morgan fingerprint density at radius 2 is 1.47 bits per heavy atom. The fourth-order valence-electron chi connectivity index (χ4n) is 1.30. The summed E-state index contributed by atoms with van der Waals surface area (Å²) in [4.78, 5) is 21.4. The Morgan fingerprint density at radius 1 is 1.07 bits per heavy atom. The number of hydrogen-bond acceptors (Lipinski definition) is 4. The van der Waals surface area contributed by atoms with Crippen molar-refractivity contribution in [1.82, 2.24) is 10.6 Å². The lowest BCUT2D eigenvalue weighted by atomic mass is 10.2. The molecular formula is C9H16N2O4. The molecule has 6 heteroatoms. The van der Waals surface area contributed by atoms with E-state index >= 15 is 0 Å². The van der Waals surface area contributed by atoms with Crippen LogP contribution in [0.4, 0.5) is 0 Å². The maximum Gasteiger partial charge on any atom is 0.216 e. The van der Waals surface area contributed by atoms with Crippen molar-refractivity contribution >= 4 is 11.8 Å². The van der Waals surface area contributed by atoms with Crippen LogP contribution in [-0.2, 0) is 19.1 Å². The Balaban J connectivity index is 2.29. The number of ether oxygens (including phenoxy) is 2. The highest BCUT2D eigenvalue weighted by Crippen LogP contribution is 2.11. The van der Waals surface area contributed by atoms with Crippen molar-refractivity contribution in [3.05, 3.63) is 0 Å². The molecule has 1 saturated heterocycles. The lowest BCUT2D eigenvalue weighted by Gasteiger charge is -2.16.